The Hall–Kier alpha value is -2.83. The van der Waals surface area contributed by atoms with E-state index in [-0.39, 0.29) is 11.9 Å². The molecule has 1 saturated heterocycles. The van der Waals surface area contributed by atoms with Crippen LogP contribution in [0.2, 0.25) is 5.02 Å². The summed E-state index contributed by atoms with van der Waals surface area (Å²) in [6.07, 6.45) is 3.44. The molecule has 3 aromatic rings. The molecule has 1 amide bonds. The summed E-state index contributed by atoms with van der Waals surface area (Å²) in [4.78, 5) is 19.5. The van der Waals surface area contributed by atoms with Gasteiger partial charge < -0.3 is 14.5 Å². The number of halogens is 1. The van der Waals surface area contributed by atoms with Crippen molar-refractivity contribution in [1.82, 2.24) is 9.88 Å². The molecule has 0 bridgehead atoms. The molecule has 29 heavy (non-hydrogen) atoms. The minimum atomic E-state index is -0.191. The van der Waals surface area contributed by atoms with Crippen LogP contribution in [-0.2, 0) is 11.3 Å². The van der Waals surface area contributed by atoms with Crippen molar-refractivity contribution in [2.45, 2.75) is 25.4 Å². The van der Waals surface area contributed by atoms with Crippen molar-refractivity contribution < 1.29 is 13.9 Å². The second-order valence-corrected chi connectivity index (χ2v) is 7.44. The zero-order chi connectivity index (χ0) is 20.2. The van der Waals surface area contributed by atoms with Gasteiger partial charge in [-0.25, -0.2) is 4.98 Å². The number of carbonyl (C=O) groups excluding carboxylic acids is 1. The molecular formula is C22H22ClN3O3. The highest BCUT2D eigenvalue weighted by atomic mass is 35.5. The lowest BCUT2D eigenvalue weighted by Crippen LogP contribution is -2.39. The second kappa shape index (κ2) is 8.68. The number of oxazole rings is 1. The Morgan fingerprint density at radius 3 is 2.90 bits per heavy atom. The zero-order valence-corrected chi connectivity index (χ0v) is 16.9. The third-order valence-electron chi connectivity index (χ3n) is 5.01. The molecule has 1 aromatic heterocycles. The lowest BCUT2D eigenvalue weighted by atomic mass is 10.2. The Bertz CT molecular complexity index is 987. The highest BCUT2D eigenvalue weighted by Crippen LogP contribution is 2.25. The van der Waals surface area contributed by atoms with Gasteiger partial charge in [0.05, 0.1) is 18.8 Å². The van der Waals surface area contributed by atoms with Crippen LogP contribution >= 0.6 is 11.6 Å². The van der Waals surface area contributed by atoms with Gasteiger partial charge in [-0.05, 0) is 61.9 Å². The van der Waals surface area contributed by atoms with Crippen molar-refractivity contribution in [3.05, 3.63) is 65.5 Å². The number of nitrogens with one attached hydrogen (secondary N) is 1. The number of aromatic nitrogens is 1. The molecule has 150 valence electrons. The van der Waals surface area contributed by atoms with E-state index in [0.717, 1.165) is 42.1 Å². The average Bonchev–Trinajstić information content (AvgIpc) is 3.39. The van der Waals surface area contributed by atoms with Crippen LogP contribution in [0.5, 0.6) is 5.75 Å². The van der Waals surface area contributed by atoms with Crippen molar-refractivity contribution in [2.24, 2.45) is 0 Å². The number of hydrogen-bond donors (Lipinski definition) is 1. The highest BCUT2D eigenvalue weighted by molar-refractivity contribution is 6.30. The average molecular weight is 412 g/mol. The Morgan fingerprint density at radius 2 is 2.14 bits per heavy atom. The molecule has 0 spiro atoms. The Kier molecular flexibility index (Phi) is 5.83. The van der Waals surface area contributed by atoms with E-state index in [2.05, 4.69) is 15.2 Å². The van der Waals surface area contributed by atoms with E-state index < -0.39 is 0 Å². The minimum Gasteiger partial charge on any atom is -0.497 e. The summed E-state index contributed by atoms with van der Waals surface area (Å²) >= 11 is 6.05. The normalized spacial score (nSPS) is 16.7. The Morgan fingerprint density at radius 1 is 1.31 bits per heavy atom. The van der Waals surface area contributed by atoms with Gasteiger partial charge in [-0.2, -0.15) is 0 Å². The smallest absolute Gasteiger partial charge is 0.241 e. The number of carbonyl (C=O) groups is 1. The minimum absolute atomic E-state index is 0.00812. The second-order valence-electron chi connectivity index (χ2n) is 7.00. The number of hydrogen-bond acceptors (Lipinski definition) is 5. The number of rotatable bonds is 6. The van der Waals surface area contributed by atoms with Gasteiger partial charge in [0.2, 0.25) is 11.8 Å². The summed E-state index contributed by atoms with van der Waals surface area (Å²) in [6.45, 7) is 1.41. The first-order valence-corrected chi connectivity index (χ1v) is 9.89. The van der Waals surface area contributed by atoms with Crippen LogP contribution in [0.15, 0.2) is 59.2 Å². The molecule has 1 N–H and O–H groups in total. The summed E-state index contributed by atoms with van der Waals surface area (Å²) in [5.74, 6) is 1.28. The predicted octanol–water partition coefficient (Wildman–Crippen LogP) is 4.61. The molecule has 1 unspecified atom stereocenters. The SMILES string of the molecule is COc1ccc(NC(=O)C2CCCN2Cc2coc(-c3cccc(Cl)c3)n2)cc1. The number of benzene rings is 2. The molecule has 0 radical (unpaired) electrons. The van der Waals surface area contributed by atoms with Crippen LogP contribution in [0.3, 0.4) is 0 Å². The molecule has 0 saturated carbocycles. The largest absolute Gasteiger partial charge is 0.497 e. The number of nitrogens with zero attached hydrogens (tertiary/aromatic N) is 2. The van der Waals surface area contributed by atoms with Crippen molar-refractivity contribution in [3.8, 4) is 17.2 Å². The van der Waals surface area contributed by atoms with Gasteiger partial charge in [-0.1, -0.05) is 17.7 Å². The molecule has 7 heteroatoms. The molecule has 1 aliphatic heterocycles. The predicted molar refractivity (Wildman–Crippen MR) is 112 cm³/mol. The van der Waals surface area contributed by atoms with Gasteiger partial charge in [-0.15, -0.1) is 0 Å². The van der Waals surface area contributed by atoms with Crippen LogP contribution in [-0.4, -0.2) is 35.5 Å². The molecule has 2 aromatic carbocycles. The van der Waals surface area contributed by atoms with Crippen LogP contribution in [0.1, 0.15) is 18.5 Å². The number of ether oxygens (including phenoxy) is 1. The van der Waals surface area contributed by atoms with Gasteiger partial charge in [0.15, 0.2) is 0 Å². The maximum atomic E-state index is 12.8. The van der Waals surface area contributed by atoms with Crippen molar-refractivity contribution in [1.29, 1.82) is 0 Å². The Balaban J connectivity index is 1.41. The van der Waals surface area contributed by atoms with Gasteiger partial charge in [0.25, 0.3) is 0 Å². The summed E-state index contributed by atoms with van der Waals surface area (Å²) in [7, 11) is 1.62. The van der Waals surface area contributed by atoms with E-state index in [4.69, 9.17) is 20.8 Å². The van der Waals surface area contributed by atoms with E-state index in [1.807, 2.05) is 48.5 Å². The fourth-order valence-electron chi connectivity index (χ4n) is 3.55. The number of anilines is 1. The van der Waals surface area contributed by atoms with E-state index in [1.54, 1.807) is 13.4 Å². The van der Waals surface area contributed by atoms with E-state index in [1.165, 1.54) is 0 Å². The summed E-state index contributed by atoms with van der Waals surface area (Å²) < 4.78 is 10.8. The van der Waals surface area contributed by atoms with Crippen LogP contribution in [0.4, 0.5) is 5.69 Å². The van der Waals surface area contributed by atoms with E-state index in [9.17, 15) is 4.79 Å². The molecule has 0 aliphatic carbocycles. The topological polar surface area (TPSA) is 67.6 Å². The van der Waals surface area contributed by atoms with Crippen molar-refractivity contribution in [3.63, 3.8) is 0 Å². The molecular weight excluding hydrogens is 390 g/mol. The zero-order valence-electron chi connectivity index (χ0n) is 16.1. The first kappa shape index (κ1) is 19.5. The first-order valence-electron chi connectivity index (χ1n) is 9.52. The third kappa shape index (κ3) is 4.60. The van der Waals surface area contributed by atoms with Gasteiger partial charge in [-0.3, -0.25) is 9.69 Å². The lowest BCUT2D eigenvalue weighted by Gasteiger charge is -2.22. The van der Waals surface area contributed by atoms with Gasteiger partial charge >= 0.3 is 0 Å². The first-order chi connectivity index (χ1) is 14.1. The molecule has 1 atom stereocenters. The summed E-state index contributed by atoms with van der Waals surface area (Å²) in [5, 5.41) is 3.63. The van der Waals surface area contributed by atoms with E-state index in [0.29, 0.717) is 17.5 Å². The number of methoxy groups -OCH3 is 1. The molecule has 1 fully saturated rings. The molecule has 4 rings (SSSR count). The third-order valence-corrected chi connectivity index (χ3v) is 5.25. The fraction of sp³-hybridized carbons (Fsp3) is 0.273. The maximum absolute atomic E-state index is 12.8. The number of likely N-dealkylation sites (tertiary alicyclic amines) is 1. The van der Waals surface area contributed by atoms with Crippen LogP contribution in [0.25, 0.3) is 11.5 Å². The van der Waals surface area contributed by atoms with E-state index >= 15 is 0 Å². The molecule has 1 aliphatic rings. The standard InChI is InChI=1S/C22H22ClN3O3/c1-28-19-9-7-17(8-10-19)24-21(27)20-6-3-11-26(20)13-18-14-29-22(25-18)15-4-2-5-16(23)12-15/h2,4-5,7-10,12,14,20H,3,6,11,13H2,1H3,(H,24,27). The van der Waals surface area contributed by atoms with Crippen LogP contribution < -0.4 is 10.1 Å². The molecule has 6 nitrogen and oxygen atoms in total. The maximum Gasteiger partial charge on any atom is 0.241 e. The van der Waals surface area contributed by atoms with Crippen LogP contribution in [0, 0.1) is 0 Å². The molecule has 2 heterocycles. The quantitative estimate of drug-likeness (QED) is 0.641. The van der Waals surface area contributed by atoms with Crippen molar-refractivity contribution >= 4 is 23.2 Å². The van der Waals surface area contributed by atoms with Gasteiger partial charge in [0, 0.05) is 22.8 Å². The van der Waals surface area contributed by atoms with Crippen molar-refractivity contribution in [2.75, 3.05) is 19.0 Å². The lowest BCUT2D eigenvalue weighted by molar-refractivity contribution is -0.120. The highest BCUT2D eigenvalue weighted by Gasteiger charge is 2.31. The summed E-state index contributed by atoms with van der Waals surface area (Å²) in [6, 6.07) is 14.5. The fourth-order valence-corrected chi connectivity index (χ4v) is 3.74. The number of amides is 1. The summed E-state index contributed by atoms with van der Waals surface area (Å²) in [5.41, 5.74) is 2.38. The Labute approximate surface area is 174 Å². The van der Waals surface area contributed by atoms with Gasteiger partial charge in [0.1, 0.15) is 12.0 Å². The monoisotopic (exact) mass is 411 g/mol.